The van der Waals surface area contributed by atoms with E-state index in [1.807, 2.05) is 7.11 Å². The van der Waals surface area contributed by atoms with Crippen molar-refractivity contribution in [2.75, 3.05) is 39.9 Å². The first-order valence-electron chi connectivity index (χ1n) is 7.34. The molecule has 2 fully saturated rings. The summed E-state index contributed by atoms with van der Waals surface area (Å²) in [6.07, 6.45) is 2.55. The second-order valence-corrected chi connectivity index (χ2v) is 5.94. The van der Waals surface area contributed by atoms with E-state index < -0.39 is 0 Å². The van der Waals surface area contributed by atoms with E-state index in [0.29, 0.717) is 5.41 Å². The lowest BCUT2D eigenvalue weighted by Crippen LogP contribution is -2.42. The summed E-state index contributed by atoms with van der Waals surface area (Å²) in [7, 11) is 1.81. The molecule has 3 nitrogen and oxygen atoms in total. The van der Waals surface area contributed by atoms with Gasteiger partial charge in [-0.15, -0.1) is 0 Å². The van der Waals surface area contributed by atoms with E-state index in [9.17, 15) is 0 Å². The number of nitrogens with one attached hydrogen (secondary N) is 1. The van der Waals surface area contributed by atoms with Crippen LogP contribution in [0.2, 0.25) is 0 Å². The Balaban J connectivity index is 1.69. The maximum absolute atomic E-state index is 5.39. The predicted molar refractivity (Wildman–Crippen MR) is 77.4 cm³/mol. The van der Waals surface area contributed by atoms with Gasteiger partial charge in [0, 0.05) is 45.2 Å². The van der Waals surface area contributed by atoms with Crippen molar-refractivity contribution in [3.63, 3.8) is 0 Å². The molecule has 0 unspecified atom stereocenters. The smallest absolute Gasteiger partial charge is 0.0559 e. The van der Waals surface area contributed by atoms with Crippen LogP contribution in [0.25, 0.3) is 0 Å². The Hall–Kier alpha value is -0.900. The van der Waals surface area contributed by atoms with Gasteiger partial charge >= 0.3 is 0 Å². The Bertz CT molecular complexity index is 423. The third-order valence-corrected chi connectivity index (χ3v) is 4.43. The van der Waals surface area contributed by atoms with Crippen LogP contribution < -0.4 is 5.32 Å². The van der Waals surface area contributed by atoms with Crippen LogP contribution in [0.5, 0.6) is 0 Å². The highest BCUT2D eigenvalue weighted by Gasteiger charge is 2.44. The minimum Gasteiger partial charge on any atom is -0.384 e. The zero-order chi connectivity index (χ0) is 13.1. The monoisotopic (exact) mass is 260 g/mol. The second-order valence-electron chi connectivity index (χ2n) is 5.94. The van der Waals surface area contributed by atoms with Gasteiger partial charge in [-0.1, -0.05) is 24.3 Å². The van der Waals surface area contributed by atoms with Crippen molar-refractivity contribution in [1.29, 1.82) is 0 Å². The molecule has 3 rings (SSSR count). The molecule has 0 atom stereocenters. The molecule has 1 saturated carbocycles. The van der Waals surface area contributed by atoms with Crippen molar-refractivity contribution in [3.8, 4) is 0 Å². The molecular weight excluding hydrogens is 236 g/mol. The molecule has 2 aliphatic rings. The molecule has 1 N–H and O–H groups in total. The van der Waals surface area contributed by atoms with Gasteiger partial charge in [0.25, 0.3) is 0 Å². The molecule has 0 radical (unpaired) electrons. The Morgan fingerprint density at radius 2 is 2.05 bits per heavy atom. The third kappa shape index (κ3) is 2.99. The zero-order valence-corrected chi connectivity index (χ0v) is 11.8. The van der Waals surface area contributed by atoms with Crippen LogP contribution in [-0.4, -0.2) is 44.8 Å². The van der Waals surface area contributed by atoms with Crippen LogP contribution in [-0.2, 0) is 16.7 Å². The van der Waals surface area contributed by atoms with Gasteiger partial charge in [-0.25, -0.2) is 0 Å². The molecule has 3 heteroatoms. The first kappa shape index (κ1) is 13.1. The van der Waals surface area contributed by atoms with Crippen LogP contribution in [0.1, 0.15) is 24.0 Å². The van der Waals surface area contributed by atoms with Crippen LogP contribution in [0.3, 0.4) is 0 Å². The van der Waals surface area contributed by atoms with Gasteiger partial charge in [-0.2, -0.15) is 0 Å². The number of nitrogens with zero attached hydrogens (tertiary/aromatic N) is 1. The van der Waals surface area contributed by atoms with E-state index in [0.717, 1.165) is 39.3 Å². The number of methoxy groups -OCH3 is 1. The van der Waals surface area contributed by atoms with E-state index >= 15 is 0 Å². The van der Waals surface area contributed by atoms with Gasteiger partial charge in [0.2, 0.25) is 0 Å². The number of benzene rings is 1. The van der Waals surface area contributed by atoms with Crippen LogP contribution in [0, 0.1) is 0 Å². The fourth-order valence-electron chi connectivity index (χ4n) is 3.07. The second kappa shape index (κ2) is 5.61. The summed E-state index contributed by atoms with van der Waals surface area (Å²) in [5, 5.41) is 3.40. The van der Waals surface area contributed by atoms with E-state index in [-0.39, 0.29) is 0 Å². The molecule has 1 saturated heterocycles. The van der Waals surface area contributed by atoms with E-state index in [2.05, 4.69) is 34.5 Å². The van der Waals surface area contributed by atoms with Crippen molar-refractivity contribution >= 4 is 0 Å². The average Bonchev–Trinajstić information content (AvgIpc) is 3.22. The SMILES string of the molecule is COCC1(c2cccc(CN3CCNCC3)c2)CC1. The number of ether oxygens (including phenoxy) is 1. The fourth-order valence-corrected chi connectivity index (χ4v) is 3.07. The highest BCUT2D eigenvalue weighted by molar-refractivity contribution is 5.34. The molecule has 1 heterocycles. The van der Waals surface area contributed by atoms with Crippen molar-refractivity contribution in [3.05, 3.63) is 35.4 Å². The van der Waals surface area contributed by atoms with E-state index in [1.165, 1.54) is 24.0 Å². The molecule has 1 aliphatic carbocycles. The number of hydrogen-bond donors (Lipinski definition) is 1. The molecule has 0 amide bonds. The van der Waals surface area contributed by atoms with Gasteiger partial charge < -0.3 is 10.1 Å². The van der Waals surface area contributed by atoms with Gasteiger partial charge in [0.1, 0.15) is 0 Å². The Kier molecular flexibility index (Phi) is 3.87. The van der Waals surface area contributed by atoms with Crippen LogP contribution in [0.15, 0.2) is 24.3 Å². The Morgan fingerprint density at radius 1 is 1.26 bits per heavy atom. The molecule has 104 valence electrons. The summed E-state index contributed by atoms with van der Waals surface area (Å²) in [5.74, 6) is 0. The van der Waals surface area contributed by atoms with Crippen LogP contribution in [0.4, 0.5) is 0 Å². The largest absolute Gasteiger partial charge is 0.384 e. The average molecular weight is 260 g/mol. The summed E-state index contributed by atoms with van der Waals surface area (Å²) < 4.78 is 5.39. The lowest BCUT2D eigenvalue weighted by molar-refractivity contribution is 0.171. The maximum Gasteiger partial charge on any atom is 0.0559 e. The van der Waals surface area contributed by atoms with Crippen LogP contribution >= 0.6 is 0 Å². The van der Waals surface area contributed by atoms with Crippen molar-refractivity contribution in [1.82, 2.24) is 10.2 Å². The van der Waals surface area contributed by atoms with E-state index in [1.54, 1.807) is 0 Å². The number of hydrogen-bond acceptors (Lipinski definition) is 3. The first-order chi connectivity index (χ1) is 9.32. The lowest BCUT2D eigenvalue weighted by atomic mass is 9.95. The van der Waals surface area contributed by atoms with Gasteiger partial charge in [0.15, 0.2) is 0 Å². The Labute approximate surface area is 115 Å². The van der Waals surface area contributed by atoms with Gasteiger partial charge in [-0.05, 0) is 24.0 Å². The zero-order valence-electron chi connectivity index (χ0n) is 11.8. The van der Waals surface area contributed by atoms with Crippen molar-refractivity contribution in [2.45, 2.75) is 24.8 Å². The molecular formula is C16H24N2O. The summed E-state index contributed by atoms with van der Waals surface area (Å²) in [6.45, 7) is 6.50. The number of rotatable bonds is 5. The molecule has 1 aliphatic heterocycles. The van der Waals surface area contributed by atoms with Gasteiger partial charge in [0.05, 0.1) is 6.61 Å². The lowest BCUT2D eigenvalue weighted by Gasteiger charge is -2.27. The predicted octanol–water partition coefficient (Wildman–Crippen LogP) is 1.77. The van der Waals surface area contributed by atoms with Crippen molar-refractivity contribution in [2.24, 2.45) is 0 Å². The maximum atomic E-state index is 5.39. The van der Waals surface area contributed by atoms with Gasteiger partial charge in [-0.3, -0.25) is 4.90 Å². The fraction of sp³-hybridized carbons (Fsp3) is 0.625. The Morgan fingerprint density at radius 3 is 2.74 bits per heavy atom. The standard InChI is InChI=1S/C16H24N2O/c1-19-13-16(5-6-16)15-4-2-3-14(11-15)12-18-9-7-17-8-10-18/h2-4,11,17H,5-10,12-13H2,1H3. The summed E-state index contributed by atoms with van der Waals surface area (Å²) in [5.41, 5.74) is 3.25. The quantitative estimate of drug-likeness (QED) is 0.873. The van der Waals surface area contributed by atoms with Crippen molar-refractivity contribution < 1.29 is 4.74 Å². The third-order valence-electron chi connectivity index (χ3n) is 4.43. The topological polar surface area (TPSA) is 24.5 Å². The molecule has 0 spiro atoms. The molecule has 0 bridgehead atoms. The minimum atomic E-state index is 0.328. The highest BCUT2D eigenvalue weighted by Crippen LogP contribution is 2.48. The summed E-state index contributed by atoms with van der Waals surface area (Å²) in [6, 6.07) is 9.14. The molecule has 1 aromatic carbocycles. The minimum absolute atomic E-state index is 0.328. The van der Waals surface area contributed by atoms with E-state index in [4.69, 9.17) is 4.74 Å². The highest BCUT2D eigenvalue weighted by atomic mass is 16.5. The summed E-state index contributed by atoms with van der Waals surface area (Å²) >= 11 is 0. The molecule has 19 heavy (non-hydrogen) atoms. The summed E-state index contributed by atoms with van der Waals surface area (Å²) in [4.78, 5) is 2.53. The number of piperazine rings is 1. The molecule has 0 aromatic heterocycles. The molecule has 1 aromatic rings. The first-order valence-corrected chi connectivity index (χ1v) is 7.34. The normalized spacial score (nSPS) is 22.4.